The molecule has 0 fully saturated rings. The lowest BCUT2D eigenvalue weighted by molar-refractivity contribution is -0.135. The highest BCUT2D eigenvalue weighted by Crippen LogP contribution is 2.48. The number of hydrogen-bond donors (Lipinski definition) is 0. The van der Waals surface area contributed by atoms with Gasteiger partial charge >= 0.3 is 11.9 Å². The summed E-state index contributed by atoms with van der Waals surface area (Å²) in [4.78, 5) is 36.5. The molecule has 0 aromatic heterocycles. The first-order chi connectivity index (χ1) is 13.3. The molecule has 28 heavy (non-hydrogen) atoms. The van der Waals surface area contributed by atoms with Gasteiger partial charge in [0, 0.05) is 11.5 Å². The lowest BCUT2D eigenvalue weighted by atomic mass is 9.82. The van der Waals surface area contributed by atoms with Crippen LogP contribution in [0.3, 0.4) is 0 Å². The Morgan fingerprint density at radius 3 is 2.50 bits per heavy atom. The van der Waals surface area contributed by atoms with Gasteiger partial charge in [-0.2, -0.15) is 0 Å². The second-order valence-corrected chi connectivity index (χ2v) is 7.66. The van der Waals surface area contributed by atoms with Crippen LogP contribution in [0, 0.1) is 0 Å². The Bertz CT molecular complexity index is 987. The summed E-state index contributed by atoms with van der Waals surface area (Å²) < 4.78 is 16.3. The Morgan fingerprint density at radius 2 is 1.82 bits per heavy atom. The normalized spacial score (nSPS) is 19.8. The maximum absolute atomic E-state index is 12.6. The molecule has 0 radical (unpaired) electrons. The van der Waals surface area contributed by atoms with Crippen molar-refractivity contribution in [3.8, 4) is 11.5 Å². The third kappa shape index (κ3) is 3.05. The van der Waals surface area contributed by atoms with E-state index in [2.05, 4.69) is 0 Å². The number of benzene rings is 2. The molecule has 0 spiro atoms. The fourth-order valence-electron chi connectivity index (χ4n) is 3.81. The molecule has 2 aliphatic heterocycles. The van der Waals surface area contributed by atoms with Crippen LogP contribution in [0.1, 0.15) is 64.4 Å². The van der Waals surface area contributed by atoms with Crippen molar-refractivity contribution in [1.29, 1.82) is 0 Å². The molecule has 1 unspecified atom stereocenters. The van der Waals surface area contributed by atoms with Gasteiger partial charge in [-0.3, -0.25) is 9.59 Å². The number of Topliss-reactive ketones (excluding diaryl/α,β-unsaturated/α-hetero) is 1. The van der Waals surface area contributed by atoms with Crippen molar-refractivity contribution in [2.24, 2.45) is 0 Å². The van der Waals surface area contributed by atoms with Gasteiger partial charge in [-0.05, 0) is 43.7 Å². The average Bonchev–Trinajstić information content (AvgIpc) is 2.65. The van der Waals surface area contributed by atoms with Crippen LogP contribution >= 0.6 is 0 Å². The summed E-state index contributed by atoms with van der Waals surface area (Å²) in [5.41, 5.74) is 1.82. The van der Waals surface area contributed by atoms with Gasteiger partial charge in [-0.25, -0.2) is 4.79 Å². The van der Waals surface area contributed by atoms with Gasteiger partial charge in [0.05, 0.1) is 31.1 Å². The summed E-state index contributed by atoms with van der Waals surface area (Å²) in [6.07, 6.45) is 0.413. The van der Waals surface area contributed by atoms with E-state index in [9.17, 15) is 14.4 Å². The van der Waals surface area contributed by atoms with Crippen LogP contribution in [0.5, 0.6) is 11.5 Å². The molecule has 2 aromatic carbocycles. The van der Waals surface area contributed by atoms with Crippen molar-refractivity contribution in [1.82, 2.24) is 0 Å². The first-order valence-electron chi connectivity index (χ1n) is 9.07. The molecule has 2 heterocycles. The van der Waals surface area contributed by atoms with Gasteiger partial charge in [0.1, 0.15) is 17.1 Å². The molecule has 144 valence electrons. The van der Waals surface area contributed by atoms with Gasteiger partial charge in [-0.1, -0.05) is 12.1 Å². The predicted octanol–water partition coefficient (Wildman–Crippen LogP) is 3.66. The summed E-state index contributed by atoms with van der Waals surface area (Å²) in [6.45, 7) is 3.73. The maximum atomic E-state index is 12.6. The summed E-state index contributed by atoms with van der Waals surface area (Å²) in [5.74, 6) is -0.222. The number of esters is 2. The highest BCUT2D eigenvalue weighted by Gasteiger charge is 2.39. The summed E-state index contributed by atoms with van der Waals surface area (Å²) >= 11 is 0. The molecular formula is C22H20O6. The molecule has 0 N–H and O–H groups in total. The van der Waals surface area contributed by atoms with E-state index in [4.69, 9.17) is 14.2 Å². The Balaban J connectivity index is 1.84. The molecule has 2 aromatic rings. The zero-order valence-corrected chi connectivity index (χ0v) is 15.9. The molecule has 6 nitrogen and oxygen atoms in total. The first-order valence-corrected chi connectivity index (χ1v) is 9.07. The summed E-state index contributed by atoms with van der Waals surface area (Å²) in [5, 5.41) is 0. The first kappa shape index (κ1) is 18.2. The fourth-order valence-corrected chi connectivity index (χ4v) is 3.81. The zero-order valence-electron chi connectivity index (χ0n) is 15.9. The van der Waals surface area contributed by atoms with Gasteiger partial charge in [0.2, 0.25) is 0 Å². The van der Waals surface area contributed by atoms with Crippen molar-refractivity contribution in [3.63, 3.8) is 0 Å². The molecule has 2 aliphatic rings. The standard InChI is InChI=1S/C22H20O6/c1-22(2)11-16(23)14-8-9-17-19(20(14)28-22)15(10-18(24)27-17)12-4-6-13(7-5-12)21(25)26-3/h4-9,15H,10-11H2,1-3H3. The van der Waals surface area contributed by atoms with Crippen LogP contribution in [0.15, 0.2) is 36.4 Å². The quantitative estimate of drug-likeness (QED) is 0.584. The minimum Gasteiger partial charge on any atom is -0.486 e. The Kier molecular flexibility index (Phi) is 4.22. The molecule has 0 aliphatic carbocycles. The Hall–Kier alpha value is -3.15. The third-order valence-corrected chi connectivity index (χ3v) is 5.10. The third-order valence-electron chi connectivity index (χ3n) is 5.10. The van der Waals surface area contributed by atoms with E-state index < -0.39 is 11.6 Å². The topological polar surface area (TPSA) is 78.9 Å². The van der Waals surface area contributed by atoms with Crippen molar-refractivity contribution >= 4 is 17.7 Å². The van der Waals surface area contributed by atoms with E-state index in [-0.39, 0.29) is 30.5 Å². The molecule has 0 amide bonds. The number of rotatable bonds is 2. The van der Waals surface area contributed by atoms with E-state index in [1.165, 1.54) is 7.11 Å². The number of ether oxygens (including phenoxy) is 3. The van der Waals surface area contributed by atoms with Gasteiger partial charge in [0.25, 0.3) is 0 Å². The molecule has 4 rings (SSSR count). The molecule has 0 bridgehead atoms. The molecule has 6 heteroatoms. The SMILES string of the molecule is COC(=O)c1ccc(C2CC(=O)Oc3ccc4c(c32)OC(C)(C)CC4=O)cc1. The lowest BCUT2D eigenvalue weighted by Gasteiger charge is -2.36. The van der Waals surface area contributed by atoms with Gasteiger partial charge < -0.3 is 14.2 Å². The van der Waals surface area contributed by atoms with E-state index >= 15 is 0 Å². The van der Waals surface area contributed by atoms with Gasteiger partial charge in [0.15, 0.2) is 5.78 Å². The molecular weight excluding hydrogens is 360 g/mol. The number of ketones is 1. The van der Waals surface area contributed by atoms with Crippen molar-refractivity contribution in [2.45, 2.75) is 38.2 Å². The van der Waals surface area contributed by atoms with Crippen LogP contribution in [0.4, 0.5) is 0 Å². The molecule has 0 saturated carbocycles. The van der Waals surface area contributed by atoms with Crippen LogP contribution in [-0.4, -0.2) is 30.4 Å². The number of fused-ring (bicyclic) bond motifs is 3. The van der Waals surface area contributed by atoms with E-state index in [0.717, 1.165) is 5.56 Å². The van der Waals surface area contributed by atoms with Gasteiger partial charge in [-0.15, -0.1) is 0 Å². The maximum Gasteiger partial charge on any atom is 0.337 e. The number of methoxy groups -OCH3 is 1. The van der Waals surface area contributed by atoms with E-state index in [1.54, 1.807) is 36.4 Å². The van der Waals surface area contributed by atoms with Crippen LogP contribution in [0.2, 0.25) is 0 Å². The highest BCUT2D eigenvalue weighted by molar-refractivity contribution is 6.01. The second-order valence-electron chi connectivity index (χ2n) is 7.66. The Morgan fingerprint density at radius 1 is 1.11 bits per heavy atom. The second kappa shape index (κ2) is 6.48. The van der Waals surface area contributed by atoms with Crippen LogP contribution < -0.4 is 9.47 Å². The van der Waals surface area contributed by atoms with Crippen molar-refractivity contribution in [3.05, 3.63) is 58.7 Å². The van der Waals surface area contributed by atoms with E-state index in [0.29, 0.717) is 28.2 Å². The average molecular weight is 380 g/mol. The summed E-state index contributed by atoms with van der Waals surface area (Å²) in [6, 6.07) is 10.2. The minimum absolute atomic E-state index is 0.00531. The number of carbonyl (C=O) groups excluding carboxylic acids is 3. The van der Waals surface area contributed by atoms with Crippen LogP contribution in [-0.2, 0) is 9.53 Å². The van der Waals surface area contributed by atoms with E-state index in [1.807, 2.05) is 13.8 Å². The largest absolute Gasteiger partial charge is 0.486 e. The number of carbonyl (C=O) groups is 3. The number of hydrogen-bond acceptors (Lipinski definition) is 6. The lowest BCUT2D eigenvalue weighted by Crippen LogP contribution is -2.37. The molecule has 0 saturated heterocycles. The van der Waals surface area contributed by atoms with Crippen molar-refractivity contribution in [2.75, 3.05) is 7.11 Å². The predicted molar refractivity (Wildman–Crippen MR) is 100.0 cm³/mol. The zero-order chi connectivity index (χ0) is 20.1. The Labute approximate surface area is 162 Å². The highest BCUT2D eigenvalue weighted by atomic mass is 16.5. The molecule has 1 atom stereocenters. The van der Waals surface area contributed by atoms with Crippen molar-refractivity contribution < 1.29 is 28.6 Å². The minimum atomic E-state index is -0.639. The fraction of sp³-hybridized carbons (Fsp3) is 0.318. The smallest absolute Gasteiger partial charge is 0.337 e. The summed E-state index contributed by atoms with van der Waals surface area (Å²) in [7, 11) is 1.33. The monoisotopic (exact) mass is 380 g/mol. The van der Waals surface area contributed by atoms with Crippen LogP contribution in [0.25, 0.3) is 0 Å².